The molecule has 1 heterocycles. The third-order valence-corrected chi connectivity index (χ3v) is 3.98. The number of fused-ring (bicyclic) bond motifs is 1. The highest BCUT2D eigenvalue weighted by atomic mass is 16.5. The molecule has 0 saturated heterocycles. The first kappa shape index (κ1) is 13.6. The minimum absolute atomic E-state index is 0.411. The van der Waals surface area contributed by atoms with Crippen LogP contribution in [0.25, 0.3) is 11.3 Å². The number of hydrogen-bond donors (Lipinski definition) is 1. The van der Waals surface area contributed by atoms with Gasteiger partial charge in [0.2, 0.25) is 0 Å². The van der Waals surface area contributed by atoms with E-state index >= 15 is 0 Å². The highest BCUT2D eigenvalue weighted by molar-refractivity contribution is 5.77. The quantitative estimate of drug-likeness (QED) is 0.939. The smallest absolute Gasteiger partial charge is 0.311 e. The molecule has 1 atom stereocenters. The van der Waals surface area contributed by atoms with Crippen LogP contribution in [0.4, 0.5) is 0 Å². The Morgan fingerprint density at radius 3 is 2.67 bits per heavy atom. The standard InChI is InChI=1S/C17H17NO3/c1-21-12-7-5-11(6-8-12)15-10-9-13-14(17(19)20)3-2-4-16(13)18-15/h5-10,14H,2-4H2,1H3,(H,19,20). The third kappa shape index (κ3) is 2.61. The van der Waals surface area contributed by atoms with Gasteiger partial charge in [0.25, 0.3) is 0 Å². The summed E-state index contributed by atoms with van der Waals surface area (Å²) in [6.45, 7) is 0. The summed E-state index contributed by atoms with van der Waals surface area (Å²) >= 11 is 0. The van der Waals surface area contributed by atoms with Crippen molar-refractivity contribution in [2.24, 2.45) is 0 Å². The van der Waals surface area contributed by atoms with Crippen LogP contribution in [0.2, 0.25) is 0 Å². The van der Waals surface area contributed by atoms with E-state index in [1.54, 1.807) is 7.11 Å². The van der Waals surface area contributed by atoms with E-state index < -0.39 is 11.9 Å². The molecule has 3 rings (SSSR count). The van der Waals surface area contributed by atoms with Gasteiger partial charge in [-0.05, 0) is 55.2 Å². The van der Waals surface area contributed by atoms with Gasteiger partial charge >= 0.3 is 5.97 Å². The molecule has 0 saturated carbocycles. The second-order valence-corrected chi connectivity index (χ2v) is 5.24. The maximum Gasteiger partial charge on any atom is 0.311 e. The average Bonchev–Trinajstić information content (AvgIpc) is 2.53. The first-order valence-corrected chi connectivity index (χ1v) is 7.06. The van der Waals surface area contributed by atoms with E-state index in [2.05, 4.69) is 4.98 Å². The molecule has 1 N–H and O–H groups in total. The second kappa shape index (κ2) is 5.56. The highest BCUT2D eigenvalue weighted by Crippen LogP contribution is 2.32. The minimum Gasteiger partial charge on any atom is -0.497 e. The monoisotopic (exact) mass is 283 g/mol. The lowest BCUT2D eigenvalue weighted by molar-refractivity contribution is -0.139. The SMILES string of the molecule is COc1ccc(-c2ccc3c(n2)CCCC3C(=O)O)cc1. The Bertz CT molecular complexity index is 664. The zero-order valence-electron chi connectivity index (χ0n) is 11.9. The van der Waals surface area contributed by atoms with Gasteiger partial charge in [-0.1, -0.05) is 6.07 Å². The van der Waals surface area contributed by atoms with Gasteiger partial charge in [-0.3, -0.25) is 9.78 Å². The molecular weight excluding hydrogens is 266 g/mol. The molecule has 4 nitrogen and oxygen atoms in total. The van der Waals surface area contributed by atoms with Crippen molar-refractivity contribution < 1.29 is 14.6 Å². The predicted molar refractivity (Wildman–Crippen MR) is 79.5 cm³/mol. The minimum atomic E-state index is -0.755. The fourth-order valence-corrected chi connectivity index (χ4v) is 2.84. The molecule has 108 valence electrons. The van der Waals surface area contributed by atoms with E-state index in [1.807, 2.05) is 36.4 Å². The van der Waals surface area contributed by atoms with Gasteiger partial charge in [0.05, 0.1) is 18.7 Å². The number of carboxylic acid groups (broad SMARTS) is 1. The lowest BCUT2D eigenvalue weighted by atomic mass is 9.85. The highest BCUT2D eigenvalue weighted by Gasteiger charge is 2.27. The number of benzene rings is 1. The Morgan fingerprint density at radius 2 is 2.00 bits per heavy atom. The van der Waals surface area contributed by atoms with Gasteiger partial charge in [-0.25, -0.2) is 0 Å². The Labute approximate surface area is 123 Å². The van der Waals surface area contributed by atoms with Crippen LogP contribution in [0.5, 0.6) is 5.75 Å². The molecule has 0 amide bonds. The topological polar surface area (TPSA) is 59.4 Å². The number of aryl methyl sites for hydroxylation is 1. The Kier molecular flexibility index (Phi) is 3.60. The number of carboxylic acids is 1. The van der Waals surface area contributed by atoms with Gasteiger partial charge in [0.1, 0.15) is 5.75 Å². The van der Waals surface area contributed by atoms with Gasteiger partial charge in [0, 0.05) is 11.3 Å². The van der Waals surface area contributed by atoms with Gasteiger partial charge < -0.3 is 9.84 Å². The molecule has 1 aliphatic carbocycles. The maximum atomic E-state index is 11.3. The Hall–Kier alpha value is -2.36. The molecule has 0 spiro atoms. The van der Waals surface area contributed by atoms with Crippen LogP contribution in [0.15, 0.2) is 36.4 Å². The molecule has 0 radical (unpaired) electrons. The molecule has 0 bridgehead atoms. The largest absolute Gasteiger partial charge is 0.497 e. The Balaban J connectivity index is 1.97. The normalized spacial score (nSPS) is 17.1. The van der Waals surface area contributed by atoms with Gasteiger partial charge in [-0.15, -0.1) is 0 Å². The van der Waals surface area contributed by atoms with E-state index in [9.17, 15) is 9.90 Å². The van der Waals surface area contributed by atoms with E-state index in [0.29, 0.717) is 6.42 Å². The number of methoxy groups -OCH3 is 1. The number of ether oxygens (including phenoxy) is 1. The molecule has 1 unspecified atom stereocenters. The first-order chi connectivity index (χ1) is 10.2. The van der Waals surface area contributed by atoms with Crippen molar-refractivity contribution in [1.29, 1.82) is 0 Å². The van der Waals surface area contributed by atoms with Crippen molar-refractivity contribution in [3.05, 3.63) is 47.7 Å². The summed E-state index contributed by atoms with van der Waals surface area (Å²) in [7, 11) is 1.64. The third-order valence-electron chi connectivity index (χ3n) is 3.98. The van der Waals surface area contributed by atoms with Crippen LogP contribution < -0.4 is 4.74 Å². The maximum absolute atomic E-state index is 11.3. The van der Waals surface area contributed by atoms with E-state index in [-0.39, 0.29) is 0 Å². The molecule has 1 aromatic carbocycles. The summed E-state index contributed by atoms with van der Waals surface area (Å²) in [5.41, 5.74) is 3.67. The van der Waals surface area contributed by atoms with Crippen LogP contribution in [0.3, 0.4) is 0 Å². The van der Waals surface area contributed by atoms with Crippen LogP contribution in [0.1, 0.15) is 30.0 Å². The summed E-state index contributed by atoms with van der Waals surface area (Å²) in [5.74, 6) is -0.358. The van der Waals surface area contributed by atoms with E-state index in [1.165, 1.54) is 0 Å². The summed E-state index contributed by atoms with van der Waals surface area (Å²) in [5, 5.41) is 9.29. The van der Waals surface area contributed by atoms with Crippen molar-refractivity contribution in [3.63, 3.8) is 0 Å². The van der Waals surface area contributed by atoms with Crippen LogP contribution >= 0.6 is 0 Å². The summed E-state index contributed by atoms with van der Waals surface area (Å²) in [6.07, 6.45) is 2.43. The lowest BCUT2D eigenvalue weighted by Gasteiger charge is -2.22. The molecule has 21 heavy (non-hydrogen) atoms. The van der Waals surface area contributed by atoms with Gasteiger partial charge in [-0.2, -0.15) is 0 Å². The van der Waals surface area contributed by atoms with Crippen molar-refractivity contribution in [1.82, 2.24) is 4.98 Å². The molecule has 0 aliphatic heterocycles. The fraction of sp³-hybridized carbons (Fsp3) is 0.294. The molecule has 0 fully saturated rings. The summed E-state index contributed by atoms with van der Waals surface area (Å²) in [4.78, 5) is 16.0. The number of hydrogen-bond acceptors (Lipinski definition) is 3. The number of carbonyl (C=O) groups is 1. The zero-order chi connectivity index (χ0) is 14.8. The molecule has 1 aromatic heterocycles. The molecular formula is C17H17NO3. The first-order valence-electron chi connectivity index (χ1n) is 7.06. The Morgan fingerprint density at radius 1 is 1.24 bits per heavy atom. The predicted octanol–water partition coefficient (Wildman–Crippen LogP) is 3.26. The number of pyridine rings is 1. The van der Waals surface area contributed by atoms with Crippen molar-refractivity contribution in [3.8, 4) is 17.0 Å². The second-order valence-electron chi connectivity index (χ2n) is 5.24. The van der Waals surface area contributed by atoms with Crippen LogP contribution in [-0.2, 0) is 11.2 Å². The average molecular weight is 283 g/mol. The van der Waals surface area contributed by atoms with Crippen LogP contribution in [-0.4, -0.2) is 23.2 Å². The van der Waals surface area contributed by atoms with Crippen LogP contribution in [0, 0.1) is 0 Å². The van der Waals surface area contributed by atoms with E-state index in [0.717, 1.165) is 41.1 Å². The number of aromatic nitrogens is 1. The number of nitrogens with zero attached hydrogens (tertiary/aromatic N) is 1. The van der Waals surface area contributed by atoms with Crippen molar-refractivity contribution in [2.75, 3.05) is 7.11 Å². The fourth-order valence-electron chi connectivity index (χ4n) is 2.84. The molecule has 1 aliphatic rings. The van der Waals surface area contributed by atoms with Crippen molar-refractivity contribution >= 4 is 5.97 Å². The number of aliphatic carboxylic acids is 1. The summed E-state index contributed by atoms with van der Waals surface area (Å²) < 4.78 is 5.15. The van der Waals surface area contributed by atoms with Gasteiger partial charge in [0.15, 0.2) is 0 Å². The number of rotatable bonds is 3. The lowest BCUT2D eigenvalue weighted by Crippen LogP contribution is -2.19. The van der Waals surface area contributed by atoms with Crippen molar-refractivity contribution in [2.45, 2.75) is 25.2 Å². The zero-order valence-corrected chi connectivity index (χ0v) is 11.9. The van der Waals surface area contributed by atoms with E-state index in [4.69, 9.17) is 4.74 Å². The molecule has 4 heteroatoms. The summed E-state index contributed by atoms with van der Waals surface area (Å²) in [6, 6.07) is 11.5. The molecule has 2 aromatic rings.